The highest BCUT2D eigenvalue weighted by Gasteiger charge is 2.18. The Labute approximate surface area is 323 Å². The van der Waals surface area contributed by atoms with Crippen LogP contribution in [0, 0.1) is 0 Å². The van der Waals surface area contributed by atoms with E-state index >= 15 is 0 Å². The summed E-state index contributed by atoms with van der Waals surface area (Å²) in [5, 5.41) is 3.59. The number of fused-ring (bicyclic) bond motifs is 6. The zero-order valence-corrected chi connectivity index (χ0v) is 30.3. The third kappa shape index (κ3) is 5.29. The molecule has 11 aromatic rings. The Morgan fingerprint density at radius 2 is 0.964 bits per heavy atom. The average Bonchev–Trinajstić information content (AvgIpc) is 3.79. The topological polar surface area (TPSA) is 48.5 Å². The van der Waals surface area contributed by atoms with Crippen molar-refractivity contribution in [2.24, 2.45) is 0 Å². The first-order chi connectivity index (χ1) is 27.8. The fourth-order valence-corrected chi connectivity index (χ4v) is 8.22. The summed E-state index contributed by atoms with van der Waals surface area (Å²) in [5.74, 6) is 0. The van der Waals surface area contributed by atoms with Crippen LogP contribution >= 0.6 is 0 Å². The lowest BCUT2D eigenvalue weighted by Crippen LogP contribution is -1.96. The molecule has 0 aliphatic carbocycles. The Kier molecular flexibility index (Phi) is 7.42. The van der Waals surface area contributed by atoms with Gasteiger partial charge in [-0.1, -0.05) is 103 Å². The van der Waals surface area contributed by atoms with Crippen molar-refractivity contribution in [2.75, 3.05) is 0 Å². The largest absolute Gasteiger partial charge is 0.309 e. The van der Waals surface area contributed by atoms with Crippen LogP contribution < -0.4 is 0 Å². The van der Waals surface area contributed by atoms with Crippen LogP contribution in [0.4, 0.5) is 0 Å². The quantitative estimate of drug-likeness (QED) is 0.172. The maximum Gasteiger partial charge on any atom is 0.0963 e. The molecule has 5 heteroatoms. The van der Waals surface area contributed by atoms with Crippen LogP contribution in [0.15, 0.2) is 200 Å². The van der Waals surface area contributed by atoms with Crippen LogP contribution in [-0.2, 0) is 0 Å². The molecule has 0 amide bonds. The predicted octanol–water partition coefficient (Wildman–Crippen LogP) is 12.7. The van der Waals surface area contributed by atoms with Gasteiger partial charge in [-0.3, -0.25) is 9.97 Å². The van der Waals surface area contributed by atoms with Crippen molar-refractivity contribution in [1.29, 1.82) is 0 Å². The van der Waals surface area contributed by atoms with Crippen molar-refractivity contribution in [3.63, 3.8) is 0 Å². The van der Waals surface area contributed by atoms with Crippen molar-refractivity contribution >= 4 is 43.7 Å². The summed E-state index contributed by atoms with van der Waals surface area (Å²) >= 11 is 0. The van der Waals surface area contributed by atoms with Crippen molar-refractivity contribution < 1.29 is 0 Å². The Hall–Kier alpha value is -7.63. The standard InChI is InChI=1S/C51H33N5/c1-3-13-34(14-4-1)38-31-45(54-46(32-38)44-20-9-10-27-52-44)37-15-11-18-40(29-37)56-48-26-24-35(30-43(48)51-49(56)22-12-28-53-51)36-23-25-42-41-19-7-8-21-47(41)55(50(42)33-36)39-16-5-2-6-17-39/h1-33H. The normalized spacial score (nSPS) is 11.6. The molecular weight excluding hydrogens is 683 g/mol. The summed E-state index contributed by atoms with van der Waals surface area (Å²) < 4.78 is 4.69. The molecule has 5 heterocycles. The van der Waals surface area contributed by atoms with Crippen molar-refractivity contribution in [3.05, 3.63) is 200 Å². The average molecular weight is 716 g/mol. The molecule has 0 fully saturated rings. The van der Waals surface area contributed by atoms with E-state index in [4.69, 9.17) is 9.97 Å². The molecule has 0 aliphatic heterocycles. The lowest BCUT2D eigenvalue weighted by atomic mass is 10.0. The minimum Gasteiger partial charge on any atom is -0.309 e. The zero-order valence-electron chi connectivity index (χ0n) is 30.3. The Morgan fingerprint density at radius 1 is 0.304 bits per heavy atom. The lowest BCUT2D eigenvalue weighted by Gasteiger charge is -2.13. The minimum atomic E-state index is 0.836. The summed E-state index contributed by atoms with van der Waals surface area (Å²) in [6, 6.07) is 66.4. The second-order valence-electron chi connectivity index (χ2n) is 14.1. The number of hydrogen-bond donors (Lipinski definition) is 0. The summed E-state index contributed by atoms with van der Waals surface area (Å²) in [4.78, 5) is 14.8. The van der Waals surface area contributed by atoms with E-state index in [9.17, 15) is 0 Å². The molecule has 5 nitrogen and oxygen atoms in total. The molecule has 0 spiro atoms. The molecular formula is C51H33N5. The van der Waals surface area contributed by atoms with Gasteiger partial charge >= 0.3 is 0 Å². The highest BCUT2D eigenvalue weighted by atomic mass is 15.0. The maximum absolute atomic E-state index is 5.17. The van der Waals surface area contributed by atoms with Crippen LogP contribution in [0.2, 0.25) is 0 Å². The molecule has 0 saturated heterocycles. The maximum atomic E-state index is 5.17. The van der Waals surface area contributed by atoms with Crippen LogP contribution in [0.25, 0.3) is 100 Å². The van der Waals surface area contributed by atoms with Gasteiger partial charge in [0.05, 0.1) is 44.7 Å². The zero-order chi connectivity index (χ0) is 37.0. The van der Waals surface area contributed by atoms with Crippen molar-refractivity contribution in [2.45, 2.75) is 0 Å². The van der Waals surface area contributed by atoms with Gasteiger partial charge < -0.3 is 9.13 Å². The van der Waals surface area contributed by atoms with Gasteiger partial charge in [0.15, 0.2) is 0 Å². The molecule has 5 aromatic heterocycles. The third-order valence-corrected chi connectivity index (χ3v) is 10.8. The van der Waals surface area contributed by atoms with Crippen LogP contribution in [0.3, 0.4) is 0 Å². The van der Waals surface area contributed by atoms with Gasteiger partial charge in [-0.05, 0) is 107 Å². The first-order valence-corrected chi connectivity index (χ1v) is 18.8. The molecule has 6 aromatic carbocycles. The second-order valence-corrected chi connectivity index (χ2v) is 14.1. The smallest absolute Gasteiger partial charge is 0.0963 e. The van der Waals surface area contributed by atoms with E-state index in [2.05, 4.69) is 172 Å². The van der Waals surface area contributed by atoms with E-state index in [0.29, 0.717) is 0 Å². The van der Waals surface area contributed by atoms with E-state index in [1.54, 1.807) is 0 Å². The molecule has 0 bridgehead atoms. The molecule has 262 valence electrons. The number of aromatic nitrogens is 5. The lowest BCUT2D eigenvalue weighted by molar-refractivity contribution is 1.17. The molecule has 0 atom stereocenters. The van der Waals surface area contributed by atoms with Crippen molar-refractivity contribution in [1.82, 2.24) is 24.1 Å². The fourth-order valence-electron chi connectivity index (χ4n) is 8.22. The Bertz CT molecular complexity index is 3180. The van der Waals surface area contributed by atoms with Gasteiger partial charge in [0.2, 0.25) is 0 Å². The van der Waals surface area contributed by atoms with E-state index in [1.165, 1.54) is 21.8 Å². The molecule has 11 rings (SSSR count). The minimum absolute atomic E-state index is 0.836. The van der Waals surface area contributed by atoms with Crippen LogP contribution in [0.1, 0.15) is 0 Å². The van der Waals surface area contributed by atoms with Crippen LogP contribution in [-0.4, -0.2) is 24.1 Å². The van der Waals surface area contributed by atoms with Gasteiger partial charge in [0, 0.05) is 45.5 Å². The Balaban J connectivity index is 1.06. The number of pyridine rings is 3. The van der Waals surface area contributed by atoms with E-state index < -0.39 is 0 Å². The van der Waals surface area contributed by atoms with Gasteiger partial charge in [-0.15, -0.1) is 0 Å². The molecule has 0 saturated carbocycles. The molecule has 0 aliphatic rings. The SMILES string of the molecule is c1ccc(-c2cc(-c3cccc(-n4c5ccc(-c6ccc7c8ccccc8n(-c8ccccc8)c7c6)cc5c5ncccc54)c3)nc(-c3ccccn3)c2)cc1. The predicted molar refractivity (Wildman–Crippen MR) is 230 cm³/mol. The van der Waals surface area contributed by atoms with Gasteiger partial charge in [0.25, 0.3) is 0 Å². The first-order valence-electron chi connectivity index (χ1n) is 18.8. The summed E-state index contributed by atoms with van der Waals surface area (Å²) in [5.41, 5.74) is 15.8. The summed E-state index contributed by atoms with van der Waals surface area (Å²) in [6.45, 7) is 0. The number of hydrogen-bond acceptors (Lipinski definition) is 3. The summed E-state index contributed by atoms with van der Waals surface area (Å²) in [7, 11) is 0. The molecule has 0 N–H and O–H groups in total. The molecule has 0 unspecified atom stereocenters. The van der Waals surface area contributed by atoms with Crippen molar-refractivity contribution in [3.8, 4) is 56.3 Å². The van der Waals surface area contributed by atoms with Gasteiger partial charge in [-0.25, -0.2) is 4.98 Å². The Morgan fingerprint density at radius 3 is 1.84 bits per heavy atom. The first kappa shape index (κ1) is 31.9. The third-order valence-electron chi connectivity index (χ3n) is 10.8. The van der Waals surface area contributed by atoms with E-state index in [0.717, 1.165) is 78.2 Å². The highest BCUT2D eigenvalue weighted by Crippen LogP contribution is 2.38. The van der Waals surface area contributed by atoms with Gasteiger partial charge in [0.1, 0.15) is 0 Å². The highest BCUT2D eigenvalue weighted by molar-refractivity contribution is 6.11. The number of benzene rings is 6. The summed E-state index contributed by atoms with van der Waals surface area (Å²) in [6.07, 6.45) is 3.70. The van der Waals surface area contributed by atoms with E-state index in [-0.39, 0.29) is 0 Å². The number of nitrogens with zero attached hydrogens (tertiary/aromatic N) is 5. The second kappa shape index (κ2) is 13.0. The number of rotatable bonds is 6. The van der Waals surface area contributed by atoms with Crippen LogP contribution in [0.5, 0.6) is 0 Å². The fraction of sp³-hybridized carbons (Fsp3) is 0. The number of para-hydroxylation sites is 2. The molecule has 56 heavy (non-hydrogen) atoms. The van der Waals surface area contributed by atoms with Gasteiger partial charge in [-0.2, -0.15) is 0 Å². The monoisotopic (exact) mass is 715 g/mol. The van der Waals surface area contributed by atoms with E-state index in [1.807, 2.05) is 42.7 Å². The molecule has 0 radical (unpaired) electrons.